The average molecular weight is 251 g/mol. The first-order valence-electron chi connectivity index (χ1n) is 5.83. The number of nitrogens with zero attached hydrogens (tertiary/aromatic N) is 2. The van der Waals surface area contributed by atoms with E-state index in [1.165, 1.54) is 0 Å². The highest BCUT2D eigenvalue weighted by Crippen LogP contribution is 2.15. The van der Waals surface area contributed by atoms with Crippen molar-refractivity contribution in [1.29, 1.82) is 0 Å². The van der Waals surface area contributed by atoms with Crippen LogP contribution in [0.2, 0.25) is 0 Å². The number of anilines is 2. The third-order valence-corrected chi connectivity index (χ3v) is 2.61. The summed E-state index contributed by atoms with van der Waals surface area (Å²) in [6.07, 6.45) is 0. The molecule has 2 amide bonds. The SMILES string of the molecule is COCCN(C)C(=O)Nc1ccc(N(C)C)cc1. The van der Waals surface area contributed by atoms with Crippen molar-refractivity contribution in [2.24, 2.45) is 0 Å². The second kappa shape index (κ2) is 6.86. The Kier molecular flexibility index (Phi) is 5.45. The molecule has 100 valence electrons. The van der Waals surface area contributed by atoms with Gasteiger partial charge in [0, 0.05) is 46.2 Å². The monoisotopic (exact) mass is 251 g/mol. The van der Waals surface area contributed by atoms with Crippen LogP contribution in [-0.2, 0) is 4.74 Å². The number of ether oxygens (including phenoxy) is 1. The number of carbonyl (C=O) groups is 1. The summed E-state index contributed by atoms with van der Waals surface area (Å²) in [6.45, 7) is 1.10. The van der Waals surface area contributed by atoms with Gasteiger partial charge < -0.3 is 19.9 Å². The lowest BCUT2D eigenvalue weighted by Crippen LogP contribution is -2.33. The molecule has 0 atom stereocenters. The van der Waals surface area contributed by atoms with Crippen molar-refractivity contribution in [2.45, 2.75) is 0 Å². The van der Waals surface area contributed by atoms with E-state index >= 15 is 0 Å². The number of likely N-dealkylation sites (N-methyl/N-ethyl adjacent to an activating group) is 1. The molecule has 0 saturated heterocycles. The van der Waals surface area contributed by atoms with E-state index in [1.54, 1.807) is 19.1 Å². The van der Waals surface area contributed by atoms with Crippen molar-refractivity contribution in [3.63, 3.8) is 0 Å². The zero-order chi connectivity index (χ0) is 13.5. The first-order valence-corrected chi connectivity index (χ1v) is 5.83. The maximum absolute atomic E-state index is 11.8. The molecule has 0 aliphatic carbocycles. The molecule has 5 heteroatoms. The van der Waals surface area contributed by atoms with E-state index in [-0.39, 0.29) is 6.03 Å². The topological polar surface area (TPSA) is 44.8 Å². The van der Waals surface area contributed by atoms with Gasteiger partial charge in [-0.05, 0) is 24.3 Å². The fraction of sp³-hybridized carbons (Fsp3) is 0.462. The van der Waals surface area contributed by atoms with Gasteiger partial charge in [-0.2, -0.15) is 0 Å². The number of urea groups is 1. The van der Waals surface area contributed by atoms with Crippen molar-refractivity contribution >= 4 is 17.4 Å². The van der Waals surface area contributed by atoms with E-state index in [1.807, 2.05) is 43.3 Å². The van der Waals surface area contributed by atoms with Crippen LogP contribution in [0.15, 0.2) is 24.3 Å². The average Bonchev–Trinajstić information content (AvgIpc) is 2.36. The number of methoxy groups -OCH3 is 1. The highest BCUT2D eigenvalue weighted by molar-refractivity contribution is 5.89. The van der Waals surface area contributed by atoms with Gasteiger partial charge in [0.15, 0.2) is 0 Å². The molecule has 0 spiro atoms. The molecule has 1 aromatic rings. The molecule has 1 aromatic carbocycles. The van der Waals surface area contributed by atoms with Crippen LogP contribution in [-0.4, -0.2) is 52.3 Å². The molecule has 0 aromatic heterocycles. The Balaban J connectivity index is 2.53. The van der Waals surface area contributed by atoms with E-state index in [4.69, 9.17) is 4.74 Å². The molecular weight excluding hydrogens is 230 g/mol. The first kappa shape index (κ1) is 14.3. The second-order valence-corrected chi connectivity index (χ2v) is 4.29. The summed E-state index contributed by atoms with van der Waals surface area (Å²) in [5.74, 6) is 0. The summed E-state index contributed by atoms with van der Waals surface area (Å²) in [7, 11) is 7.31. The Bertz CT molecular complexity index is 376. The smallest absolute Gasteiger partial charge is 0.321 e. The fourth-order valence-electron chi connectivity index (χ4n) is 1.39. The molecule has 0 aliphatic rings. The van der Waals surface area contributed by atoms with Crippen molar-refractivity contribution < 1.29 is 9.53 Å². The molecule has 0 bridgehead atoms. The van der Waals surface area contributed by atoms with Crippen LogP contribution in [0.25, 0.3) is 0 Å². The summed E-state index contributed by atoms with van der Waals surface area (Å²) >= 11 is 0. The summed E-state index contributed by atoms with van der Waals surface area (Å²) in [5.41, 5.74) is 1.88. The van der Waals surface area contributed by atoms with Crippen molar-refractivity contribution in [3.05, 3.63) is 24.3 Å². The van der Waals surface area contributed by atoms with Crippen LogP contribution in [0.4, 0.5) is 16.2 Å². The van der Waals surface area contributed by atoms with E-state index in [0.29, 0.717) is 13.2 Å². The first-order chi connectivity index (χ1) is 8.54. The molecular formula is C13H21N3O2. The molecule has 0 unspecified atom stereocenters. The van der Waals surface area contributed by atoms with Crippen molar-refractivity contribution in [1.82, 2.24) is 4.90 Å². The number of amides is 2. The van der Waals surface area contributed by atoms with E-state index in [2.05, 4.69) is 5.32 Å². The number of benzene rings is 1. The molecule has 0 heterocycles. The van der Waals surface area contributed by atoms with Gasteiger partial charge in [-0.3, -0.25) is 0 Å². The van der Waals surface area contributed by atoms with E-state index in [9.17, 15) is 4.79 Å². The van der Waals surface area contributed by atoms with Gasteiger partial charge in [-0.1, -0.05) is 0 Å². The van der Waals surface area contributed by atoms with Crippen LogP contribution >= 0.6 is 0 Å². The van der Waals surface area contributed by atoms with Gasteiger partial charge in [0.05, 0.1) is 6.61 Å². The van der Waals surface area contributed by atoms with Gasteiger partial charge in [-0.25, -0.2) is 4.79 Å². The Morgan fingerprint density at radius 3 is 2.33 bits per heavy atom. The predicted molar refractivity (Wildman–Crippen MR) is 74.3 cm³/mol. The van der Waals surface area contributed by atoms with Crippen molar-refractivity contribution in [2.75, 3.05) is 51.6 Å². The maximum Gasteiger partial charge on any atom is 0.321 e. The quantitative estimate of drug-likeness (QED) is 0.868. The van der Waals surface area contributed by atoms with Crippen LogP contribution in [0, 0.1) is 0 Å². The van der Waals surface area contributed by atoms with Crippen LogP contribution in [0.3, 0.4) is 0 Å². The number of hydrogen-bond acceptors (Lipinski definition) is 3. The van der Waals surface area contributed by atoms with Crippen molar-refractivity contribution in [3.8, 4) is 0 Å². The molecule has 0 aliphatic heterocycles. The Morgan fingerprint density at radius 2 is 1.83 bits per heavy atom. The van der Waals surface area contributed by atoms with Gasteiger partial charge in [0.25, 0.3) is 0 Å². The second-order valence-electron chi connectivity index (χ2n) is 4.29. The summed E-state index contributed by atoms with van der Waals surface area (Å²) in [6, 6.07) is 7.56. The maximum atomic E-state index is 11.8. The highest BCUT2D eigenvalue weighted by atomic mass is 16.5. The molecule has 18 heavy (non-hydrogen) atoms. The van der Waals surface area contributed by atoms with Crippen LogP contribution < -0.4 is 10.2 Å². The molecule has 1 N–H and O–H groups in total. The zero-order valence-electron chi connectivity index (χ0n) is 11.4. The number of rotatable bonds is 5. The Labute approximate surface area is 108 Å². The Hall–Kier alpha value is -1.75. The van der Waals surface area contributed by atoms with E-state index < -0.39 is 0 Å². The summed E-state index contributed by atoms with van der Waals surface area (Å²) < 4.78 is 4.93. The highest BCUT2D eigenvalue weighted by Gasteiger charge is 2.08. The Morgan fingerprint density at radius 1 is 1.22 bits per heavy atom. The number of carbonyl (C=O) groups excluding carboxylic acids is 1. The van der Waals surface area contributed by atoms with Crippen LogP contribution in [0.5, 0.6) is 0 Å². The fourth-order valence-corrected chi connectivity index (χ4v) is 1.39. The molecule has 0 radical (unpaired) electrons. The molecule has 0 saturated carbocycles. The lowest BCUT2D eigenvalue weighted by Gasteiger charge is -2.18. The standard InChI is InChI=1S/C13H21N3O2/c1-15(2)12-7-5-11(6-8-12)14-13(17)16(3)9-10-18-4/h5-8H,9-10H2,1-4H3,(H,14,17). The largest absolute Gasteiger partial charge is 0.383 e. The van der Waals surface area contributed by atoms with Crippen LogP contribution in [0.1, 0.15) is 0 Å². The number of nitrogens with one attached hydrogen (secondary N) is 1. The molecule has 5 nitrogen and oxygen atoms in total. The zero-order valence-corrected chi connectivity index (χ0v) is 11.4. The minimum Gasteiger partial charge on any atom is -0.383 e. The van der Waals surface area contributed by atoms with Gasteiger partial charge >= 0.3 is 6.03 Å². The third kappa shape index (κ3) is 4.25. The minimum absolute atomic E-state index is 0.135. The van der Waals surface area contributed by atoms with Gasteiger partial charge in [0.1, 0.15) is 0 Å². The summed E-state index contributed by atoms with van der Waals surface area (Å²) in [5, 5.41) is 2.83. The third-order valence-electron chi connectivity index (χ3n) is 2.61. The summed E-state index contributed by atoms with van der Waals surface area (Å²) in [4.78, 5) is 15.4. The lowest BCUT2D eigenvalue weighted by atomic mass is 10.2. The lowest BCUT2D eigenvalue weighted by molar-refractivity contribution is 0.165. The van der Waals surface area contributed by atoms with Gasteiger partial charge in [0.2, 0.25) is 0 Å². The molecule has 1 rings (SSSR count). The molecule has 0 fully saturated rings. The van der Waals surface area contributed by atoms with Gasteiger partial charge in [-0.15, -0.1) is 0 Å². The van der Waals surface area contributed by atoms with E-state index in [0.717, 1.165) is 11.4 Å². The number of hydrogen-bond donors (Lipinski definition) is 1. The normalized spacial score (nSPS) is 10.0. The predicted octanol–water partition coefficient (Wildman–Crippen LogP) is 1.86. The minimum atomic E-state index is -0.135.